The molecule has 2 aromatic rings. The third-order valence-corrected chi connectivity index (χ3v) is 4.74. The predicted octanol–water partition coefficient (Wildman–Crippen LogP) is 3.99. The van der Waals surface area contributed by atoms with Gasteiger partial charge in [-0.2, -0.15) is 0 Å². The molecule has 2 N–H and O–H groups in total. The van der Waals surface area contributed by atoms with Gasteiger partial charge in [0.05, 0.1) is 11.4 Å². The molecule has 0 spiro atoms. The van der Waals surface area contributed by atoms with Crippen molar-refractivity contribution in [1.29, 1.82) is 0 Å². The van der Waals surface area contributed by atoms with Crippen LogP contribution in [0.1, 0.15) is 12.5 Å². The van der Waals surface area contributed by atoms with Crippen LogP contribution >= 0.6 is 15.9 Å². The Kier molecular flexibility index (Phi) is 4.90. The summed E-state index contributed by atoms with van der Waals surface area (Å²) in [5.41, 5.74) is 2.11. The summed E-state index contributed by atoms with van der Waals surface area (Å²) in [5, 5.41) is 3.06. The van der Waals surface area contributed by atoms with Crippen LogP contribution in [0.4, 0.5) is 11.4 Å². The van der Waals surface area contributed by atoms with Crippen LogP contribution in [-0.4, -0.2) is 15.0 Å². The first-order valence-electron chi connectivity index (χ1n) is 6.55. The van der Waals surface area contributed by atoms with Crippen LogP contribution in [-0.2, 0) is 10.0 Å². The Morgan fingerprint density at radius 3 is 2.52 bits per heavy atom. The van der Waals surface area contributed by atoms with Crippen LogP contribution in [0.5, 0.6) is 0 Å². The largest absolute Gasteiger partial charge is 0.384 e. The van der Waals surface area contributed by atoms with Gasteiger partial charge in [-0.25, -0.2) is 8.42 Å². The van der Waals surface area contributed by atoms with Crippen LogP contribution < -0.4 is 10.0 Å². The number of hydrogen-bond donors (Lipinski definition) is 2. The summed E-state index contributed by atoms with van der Waals surface area (Å²) >= 11 is 3.37. The van der Waals surface area contributed by atoms with E-state index in [4.69, 9.17) is 0 Å². The number of aryl methyl sites for hydroxylation is 1. The summed E-state index contributed by atoms with van der Waals surface area (Å²) in [6.07, 6.45) is 0. The molecule has 0 saturated carbocycles. The molecular formula is C15H17BrN2O2S. The topological polar surface area (TPSA) is 58.2 Å². The average Bonchev–Trinajstić information content (AvgIpc) is 2.37. The monoisotopic (exact) mass is 368 g/mol. The smallest absolute Gasteiger partial charge is 0.263 e. The van der Waals surface area contributed by atoms with Gasteiger partial charge in [-0.15, -0.1) is 0 Å². The molecule has 0 aliphatic rings. The third kappa shape index (κ3) is 3.98. The Morgan fingerprint density at radius 1 is 1.14 bits per heavy atom. The van der Waals surface area contributed by atoms with E-state index in [0.717, 1.165) is 10.0 Å². The Labute approximate surface area is 133 Å². The summed E-state index contributed by atoms with van der Waals surface area (Å²) in [4.78, 5) is 0.240. The van der Waals surface area contributed by atoms with Gasteiger partial charge in [0.2, 0.25) is 0 Å². The van der Waals surface area contributed by atoms with E-state index in [1.165, 1.54) is 0 Å². The molecule has 0 aromatic heterocycles. The minimum absolute atomic E-state index is 0.240. The molecule has 0 heterocycles. The van der Waals surface area contributed by atoms with Gasteiger partial charge in [-0.1, -0.05) is 28.1 Å². The Balaban J connectivity index is 2.38. The van der Waals surface area contributed by atoms with Gasteiger partial charge in [-0.05, 0) is 49.7 Å². The number of sulfonamides is 1. The van der Waals surface area contributed by atoms with E-state index < -0.39 is 10.0 Å². The van der Waals surface area contributed by atoms with Crippen molar-refractivity contribution in [3.8, 4) is 0 Å². The number of rotatable bonds is 5. The van der Waals surface area contributed by atoms with Crippen molar-refractivity contribution in [3.05, 3.63) is 52.5 Å². The van der Waals surface area contributed by atoms with E-state index in [1.54, 1.807) is 36.4 Å². The standard InChI is InChI=1S/C15H17BrN2O2S/c1-3-17-14-6-4-5-7-15(14)21(19,20)18-13-9-11(2)8-12(16)10-13/h4-10,17-18H,3H2,1-2H3. The highest BCUT2D eigenvalue weighted by Crippen LogP contribution is 2.25. The minimum Gasteiger partial charge on any atom is -0.384 e. The van der Waals surface area contributed by atoms with Crippen molar-refractivity contribution >= 4 is 37.3 Å². The predicted molar refractivity (Wildman–Crippen MR) is 90.3 cm³/mol. The van der Waals surface area contributed by atoms with Crippen LogP contribution in [0, 0.1) is 6.92 Å². The minimum atomic E-state index is -3.63. The first-order valence-corrected chi connectivity index (χ1v) is 8.83. The molecule has 0 unspecified atom stereocenters. The average molecular weight is 369 g/mol. The van der Waals surface area contributed by atoms with Crippen molar-refractivity contribution in [1.82, 2.24) is 0 Å². The molecule has 0 saturated heterocycles. The quantitative estimate of drug-likeness (QED) is 0.838. The molecule has 4 nitrogen and oxygen atoms in total. The van der Waals surface area contributed by atoms with Crippen LogP contribution in [0.2, 0.25) is 0 Å². The third-order valence-electron chi connectivity index (χ3n) is 2.84. The Morgan fingerprint density at radius 2 is 1.86 bits per heavy atom. The van der Waals surface area contributed by atoms with E-state index in [-0.39, 0.29) is 4.90 Å². The van der Waals surface area contributed by atoms with Crippen molar-refractivity contribution in [2.45, 2.75) is 18.7 Å². The molecule has 2 rings (SSSR count). The normalized spacial score (nSPS) is 11.2. The molecule has 0 amide bonds. The molecule has 6 heteroatoms. The van der Waals surface area contributed by atoms with E-state index >= 15 is 0 Å². The van der Waals surface area contributed by atoms with Gasteiger partial charge >= 0.3 is 0 Å². The second kappa shape index (κ2) is 6.49. The molecule has 112 valence electrons. The highest BCUT2D eigenvalue weighted by Gasteiger charge is 2.18. The number of nitrogens with one attached hydrogen (secondary N) is 2. The van der Waals surface area contributed by atoms with Gasteiger partial charge in [0.1, 0.15) is 4.90 Å². The fourth-order valence-corrected chi connectivity index (χ4v) is 3.88. The molecule has 21 heavy (non-hydrogen) atoms. The SMILES string of the molecule is CCNc1ccccc1S(=O)(=O)Nc1cc(C)cc(Br)c1. The van der Waals surface area contributed by atoms with Crippen molar-refractivity contribution < 1.29 is 8.42 Å². The zero-order valence-corrected chi connectivity index (χ0v) is 14.3. The van der Waals surface area contributed by atoms with Gasteiger partial charge in [0.25, 0.3) is 10.0 Å². The summed E-state index contributed by atoms with van der Waals surface area (Å²) in [6, 6.07) is 12.3. The molecule has 0 fully saturated rings. The number of hydrogen-bond acceptors (Lipinski definition) is 3. The lowest BCUT2D eigenvalue weighted by Crippen LogP contribution is -2.15. The maximum atomic E-state index is 12.6. The Bertz CT molecular complexity index is 725. The van der Waals surface area contributed by atoms with Gasteiger partial charge in [-0.3, -0.25) is 4.72 Å². The molecule has 0 radical (unpaired) electrons. The first-order chi connectivity index (χ1) is 9.92. The van der Waals surface area contributed by atoms with E-state index in [0.29, 0.717) is 17.9 Å². The molecule has 2 aromatic carbocycles. The van der Waals surface area contributed by atoms with E-state index in [9.17, 15) is 8.42 Å². The zero-order chi connectivity index (χ0) is 15.5. The maximum absolute atomic E-state index is 12.6. The molecule has 0 atom stereocenters. The number of anilines is 2. The van der Waals surface area contributed by atoms with Crippen LogP contribution in [0.25, 0.3) is 0 Å². The van der Waals surface area contributed by atoms with Crippen LogP contribution in [0.3, 0.4) is 0 Å². The molecular weight excluding hydrogens is 352 g/mol. The summed E-state index contributed by atoms with van der Waals surface area (Å²) in [6.45, 7) is 4.49. The van der Waals surface area contributed by atoms with Crippen molar-refractivity contribution in [2.75, 3.05) is 16.6 Å². The van der Waals surface area contributed by atoms with Crippen molar-refractivity contribution in [2.24, 2.45) is 0 Å². The van der Waals surface area contributed by atoms with Crippen molar-refractivity contribution in [3.63, 3.8) is 0 Å². The summed E-state index contributed by atoms with van der Waals surface area (Å²) in [7, 11) is -3.63. The number of benzene rings is 2. The van der Waals surface area contributed by atoms with Crippen LogP contribution in [0.15, 0.2) is 51.8 Å². The van der Waals surface area contributed by atoms with E-state index in [1.807, 2.05) is 19.9 Å². The second-order valence-corrected chi connectivity index (χ2v) is 7.22. The maximum Gasteiger partial charge on any atom is 0.263 e. The molecule has 0 aliphatic heterocycles. The molecule has 0 aliphatic carbocycles. The number of halogens is 1. The van der Waals surface area contributed by atoms with E-state index in [2.05, 4.69) is 26.0 Å². The lowest BCUT2D eigenvalue weighted by atomic mass is 10.2. The Hall–Kier alpha value is -1.53. The second-order valence-electron chi connectivity index (χ2n) is 4.65. The number of para-hydroxylation sites is 1. The lowest BCUT2D eigenvalue weighted by molar-refractivity contribution is 0.601. The van der Waals surface area contributed by atoms with Gasteiger partial charge < -0.3 is 5.32 Å². The fraction of sp³-hybridized carbons (Fsp3) is 0.200. The summed E-state index contributed by atoms with van der Waals surface area (Å²) in [5.74, 6) is 0. The highest BCUT2D eigenvalue weighted by molar-refractivity contribution is 9.10. The molecule has 0 bridgehead atoms. The van der Waals surface area contributed by atoms with Gasteiger partial charge in [0, 0.05) is 11.0 Å². The first kappa shape index (κ1) is 15.9. The van der Waals surface area contributed by atoms with Gasteiger partial charge in [0.15, 0.2) is 0 Å². The lowest BCUT2D eigenvalue weighted by Gasteiger charge is -2.13. The summed E-state index contributed by atoms with van der Waals surface area (Å²) < 4.78 is 28.6. The fourth-order valence-electron chi connectivity index (χ4n) is 2.04. The highest BCUT2D eigenvalue weighted by atomic mass is 79.9. The zero-order valence-electron chi connectivity index (χ0n) is 11.9.